The number of benzene rings is 1. The first-order chi connectivity index (χ1) is 18.2. The average molecular weight is 608 g/mol. The van der Waals surface area contributed by atoms with Crippen molar-refractivity contribution in [3.05, 3.63) is 29.3 Å². The van der Waals surface area contributed by atoms with Crippen LogP contribution in [-0.4, -0.2) is 55.6 Å². The van der Waals surface area contributed by atoms with Gasteiger partial charge < -0.3 is 4.90 Å². The second-order valence-electron chi connectivity index (χ2n) is 13.2. The molecule has 2 saturated carbocycles. The maximum absolute atomic E-state index is 14.6. The number of carbonyl (C=O) groups excluding carboxylic acids is 1. The molecule has 0 bridgehead atoms. The molecule has 228 valence electrons. The molecule has 0 saturated heterocycles. The summed E-state index contributed by atoms with van der Waals surface area (Å²) in [5, 5.41) is -5.00. The smallest absolute Gasteiger partial charge is 0.330 e. The molecular formula is C28H43F2NO7S2. The van der Waals surface area contributed by atoms with E-state index in [-0.39, 0.29) is 17.7 Å². The summed E-state index contributed by atoms with van der Waals surface area (Å²) in [6.45, 7) is 11.5. The Bertz CT molecular complexity index is 1260. The van der Waals surface area contributed by atoms with Crippen LogP contribution >= 0.6 is 0 Å². The van der Waals surface area contributed by atoms with Crippen LogP contribution in [0.4, 0.5) is 8.78 Å². The topological polar surface area (TPSA) is 118 Å². The molecule has 1 amide bonds. The minimum atomic E-state index is -5.99. The summed E-state index contributed by atoms with van der Waals surface area (Å²) in [4.78, 5) is 14.0. The molecule has 2 atom stereocenters. The van der Waals surface area contributed by atoms with E-state index in [1.54, 1.807) is 12.1 Å². The van der Waals surface area contributed by atoms with Crippen LogP contribution in [0.3, 0.4) is 0 Å². The van der Waals surface area contributed by atoms with Gasteiger partial charge in [0.15, 0.2) is 0 Å². The predicted molar refractivity (Wildman–Crippen MR) is 148 cm³/mol. The zero-order valence-electron chi connectivity index (χ0n) is 24.2. The summed E-state index contributed by atoms with van der Waals surface area (Å²) in [7, 11) is -10.3. The predicted octanol–water partition coefficient (Wildman–Crippen LogP) is 5.94. The molecule has 0 radical (unpaired) electrons. The second kappa shape index (κ2) is 11.6. The van der Waals surface area contributed by atoms with Gasteiger partial charge in [0.05, 0.1) is 6.10 Å². The molecule has 0 aliphatic heterocycles. The van der Waals surface area contributed by atoms with E-state index in [0.29, 0.717) is 49.7 Å². The Kier molecular flexibility index (Phi) is 9.51. The molecule has 0 aromatic heterocycles. The maximum atomic E-state index is 14.6. The Morgan fingerprint density at radius 1 is 0.850 bits per heavy atom. The molecule has 2 aliphatic rings. The van der Waals surface area contributed by atoms with Crippen LogP contribution in [0.15, 0.2) is 23.1 Å². The number of halogens is 2. The first-order valence-electron chi connectivity index (χ1n) is 13.9. The van der Waals surface area contributed by atoms with Crippen molar-refractivity contribution in [2.24, 2.45) is 0 Å². The summed E-state index contributed by atoms with van der Waals surface area (Å²) >= 11 is 0. The van der Waals surface area contributed by atoms with E-state index in [9.17, 15) is 30.4 Å². The van der Waals surface area contributed by atoms with Gasteiger partial charge in [-0.1, -0.05) is 79.0 Å². The standard InChI is InChI=1S/C28H43F2NO7S2/c1-26(2,3)22-16-11-17-23(27(4,5)6)24(22)39(33,34)38-21-15-10-14-20(18-21)31(19-12-8-7-9-13-19)25(32)28(29,30)40(35,36)37/h11,16-17,19-21H,7-10,12-15,18H2,1-6H3,(H,35,36,37). The zero-order valence-corrected chi connectivity index (χ0v) is 25.9. The molecule has 2 unspecified atom stereocenters. The van der Waals surface area contributed by atoms with E-state index in [1.807, 2.05) is 47.6 Å². The van der Waals surface area contributed by atoms with Crippen molar-refractivity contribution >= 4 is 26.1 Å². The van der Waals surface area contributed by atoms with Crippen LogP contribution < -0.4 is 0 Å². The molecule has 8 nitrogen and oxygen atoms in total. The van der Waals surface area contributed by atoms with Gasteiger partial charge in [-0.2, -0.15) is 25.6 Å². The van der Waals surface area contributed by atoms with Gasteiger partial charge in [-0.25, -0.2) is 0 Å². The third-order valence-corrected chi connectivity index (χ3v) is 10.2. The fourth-order valence-corrected chi connectivity index (χ4v) is 8.17. The Hall–Kier alpha value is -1.63. The summed E-state index contributed by atoms with van der Waals surface area (Å²) in [5.41, 5.74) is 0.152. The average Bonchev–Trinajstić information content (AvgIpc) is 2.82. The van der Waals surface area contributed by atoms with Crippen LogP contribution in [0, 0.1) is 0 Å². The van der Waals surface area contributed by atoms with Gasteiger partial charge in [-0.15, -0.1) is 0 Å². The minimum absolute atomic E-state index is 0.0500. The van der Waals surface area contributed by atoms with E-state index in [0.717, 1.165) is 11.3 Å². The summed E-state index contributed by atoms with van der Waals surface area (Å²) < 4.78 is 94.9. The molecule has 0 spiro atoms. The van der Waals surface area contributed by atoms with Gasteiger partial charge in [0.1, 0.15) is 4.90 Å². The molecule has 2 fully saturated rings. The molecule has 0 heterocycles. The Morgan fingerprint density at radius 2 is 1.35 bits per heavy atom. The molecule has 1 aromatic carbocycles. The molecule has 3 rings (SSSR count). The fraction of sp³-hybridized carbons (Fsp3) is 0.750. The summed E-state index contributed by atoms with van der Waals surface area (Å²) in [6.07, 6.45) is 3.14. The van der Waals surface area contributed by atoms with Gasteiger partial charge in [-0.05, 0) is 60.5 Å². The van der Waals surface area contributed by atoms with Crippen molar-refractivity contribution in [3.8, 4) is 0 Å². The third kappa shape index (κ3) is 7.04. The highest BCUT2D eigenvalue weighted by atomic mass is 32.2. The van der Waals surface area contributed by atoms with Gasteiger partial charge in [-0.3, -0.25) is 13.5 Å². The van der Waals surface area contributed by atoms with Crippen molar-refractivity contribution in [2.45, 2.75) is 138 Å². The third-order valence-electron chi connectivity index (χ3n) is 7.91. The van der Waals surface area contributed by atoms with E-state index in [2.05, 4.69) is 0 Å². The number of nitrogens with zero attached hydrogens (tertiary/aromatic N) is 1. The molecule has 1 aromatic rings. The number of hydrogen-bond acceptors (Lipinski definition) is 6. The lowest BCUT2D eigenvalue weighted by Crippen LogP contribution is -2.57. The van der Waals surface area contributed by atoms with Crippen LogP contribution in [-0.2, 0) is 40.0 Å². The van der Waals surface area contributed by atoms with E-state index < -0.39 is 60.4 Å². The number of rotatable bonds is 7. The van der Waals surface area contributed by atoms with Gasteiger partial charge in [0.25, 0.3) is 10.1 Å². The highest BCUT2D eigenvalue weighted by molar-refractivity contribution is 7.87. The molecule has 12 heteroatoms. The first-order valence-corrected chi connectivity index (χ1v) is 16.8. The normalized spacial score (nSPS) is 22.2. The monoisotopic (exact) mass is 607 g/mol. The van der Waals surface area contributed by atoms with Crippen LogP contribution in [0.5, 0.6) is 0 Å². The molecule has 1 N–H and O–H groups in total. The van der Waals surface area contributed by atoms with Gasteiger partial charge in [0.2, 0.25) is 0 Å². The number of hydrogen-bond donors (Lipinski definition) is 1. The lowest BCUT2D eigenvalue weighted by Gasteiger charge is -2.43. The highest BCUT2D eigenvalue weighted by Crippen LogP contribution is 2.40. The van der Waals surface area contributed by atoms with Crippen molar-refractivity contribution in [1.82, 2.24) is 4.90 Å². The lowest BCUT2D eigenvalue weighted by molar-refractivity contribution is -0.155. The Labute approximate surface area is 237 Å². The largest absolute Gasteiger partial charge is 0.446 e. The van der Waals surface area contributed by atoms with Crippen molar-refractivity contribution in [2.75, 3.05) is 0 Å². The SMILES string of the molecule is CC(C)(C)c1cccc(C(C)(C)C)c1S(=O)(=O)OC1CCCC(N(C(=O)C(F)(F)S(=O)(=O)O)C2CCCCC2)C1. The molecular weight excluding hydrogens is 564 g/mol. The number of alkyl halides is 2. The van der Waals surface area contributed by atoms with Crippen molar-refractivity contribution in [1.29, 1.82) is 0 Å². The first kappa shape index (κ1) is 32.9. The Balaban J connectivity index is 1.98. The van der Waals surface area contributed by atoms with E-state index in [1.165, 1.54) is 0 Å². The highest BCUT2D eigenvalue weighted by Gasteiger charge is 2.56. The number of amides is 1. The van der Waals surface area contributed by atoms with Gasteiger partial charge >= 0.3 is 21.3 Å². The van der Waals surface area contributed by atoms with Crippen LogP contribution in [0.1, 0.15) is 110 Å². The van der Waals surface area contributed by atoms with Crippen LogP contribution in [0.25, 0.3) is 0 Å². The Morgan fingerprint density at radius 3 is 1.82 bits per heavy atom. The van der Waals surface area contributed by atoms with E-state index in [4.69, 9.17) is 8.74 Å². The van der Waals surface area contributed by atoms with E-state index >= 15 is 0 Å². The second-order valence-corrected chi connectivity index (χ2v) is 16.1. The quantitative estimate of drug-likeness (QED) is 0.301. The lowest BCUT2D eigenvalue weighted by atomic mass is 9.80. The maximum Gasteiger partial charge on any atom is 0.446 e. The molecule has 2 aliphatic carbocycles. The van der Waals surface area contributed by atoms with Crippen molar-refractivity contribution < 1.29 is 39.1 Å². The van der Waals surface area contributed by atoms with Gasteiger partial charge in [0, 0.05) is 12.1 Å². The minimum Gasteiger partial charge on any atom is -0.330 e. The summed E-state index contributed by atoms with van der Waals surface area (Å²) in [5.74, 6) is -1.97. The van der Waals surface area contributed by atoms with Crippen LogP contribution in [0.2, 0.25) is 0 Å². The zero-order chi connectivity index (χ0) is 30.3. The molecule has 40 heavy (non-hydrogen) atoms. The fourth-order valence-electron chi connectivity index (χ4n) is 5.92. The number of carbonyl (C=O) groups is 1. The van der Waals surface area contributed by atoms with Crippen molar-refractivity contribution in [3.63, 3.8) is 0 Å². The summed E-state index contributed by atoms with van der Waals surface area (Å²) in [6, 6.07) is 3.84.